The number of amides is 1. The summed E-state index contributed by atoms with van der Waals surface area (Å²) in [6.45, 7) is 0.486. The van der Waals surface area contributed by atoms with Crippen molar-refractivity contribution >= 4 is 28.6 Å². The van der Waals surface area contributed by atoms with Gasteiger partial charge < -0.3 is 15.4 Å². The summed E-state index contributed by atoms with van der Waals surface area (Å²) >= 11 is 0. The maximum atomic E-state index is 14.3. The molecule has 3 aliphatic rings. The Hall–Kier alpha value is -3.99. The number of ether oxygens (including phenoxy) is 1. The van der Waals surface area contributed by atoms with Gasteiger partial charge in [0, 0.05) is 12.7 Å². The summed E-state index contributed by atoms with van der Waals surface area (Å²) in [5.74, 6) is 0.0190. The summed E-state index contributed by atoms with van der Waals surface area (Å²) in [5.41, 5.74) is 0.313. The van der Waals surface area contributed by atoms with Crippen molar-refractivity contribution in [3.05, 3.63) is 59.3 Å². The normalized spacial score (nSPS) is 21.2. The third-order valence-corrected chi connectivity index (χ3v) is 7.40. The van der Waals surface area contributed by atoms with Crippen molar-refractivity contribution in [1.29, 1.82) is 0 Å². The van der Waals surface area contributed by atoms with Crippen LogP contribution in [0, 0.1) is 17.0 Å². The smallest absolute Gasteiger partial charge is 0.235 e. The predicted octanol–water partition coefficient (Wildman–Crippen LogP) is 3.21. The molecule has 0 radical (unpaired) electrons. The summed E-state index contributed by atoms with van der Waals surface area (Å²) in [6, 6.07) is 7.66. The fourth-order valence-corrected chi connectivity index (χ4v) is 5.51. The van der Waals surface area contributed by atoms with Crippen molar-refractivity contribution in [2.75, 3.05) is 24.3 Å². The molecular weight excluding hydrogens is 456 g/mol. The number of halogens is 2. The topological polar surface area (TPSA) is 107 Å². The summed E-state index contributed by atoms with van der Waals surface area (Å²) in [4.78, 5) is 26.6. The van der Waals surface area contributed by atoms with E-state index in [-0.39, 0.29) is 29.8 Å². The number of methoxy groups -OCH3 is 1. The highest BCUT2D eigenvalue weighted by atomic mass is 19.1. The zero-order valence-electron chi connectivity index (χ0n) is 18.6. The molecular formula is C24H19F2N7O2. The second kappa shape index (κ2) is 6.79. The van der Waals surface area contributed by atoms with Gasteiger partial charge >= 0.3 is 0 Å². The number of fused-ring (bicyclic) bond motifs is 2. The first-order valence-corrected chi connectivity index (χ1v) is 11.2. The van der Waals surface area contributed by atoms with Crippen molar-refractivity contribution in [2.45, 2.75) is 25.0 Å². The van der Waals surface area contributed by atoms with E-state index < -0.39 is 16.8 Å². The molecule has 1 aliphatic carbocycles. The molecule has 7 rings (SSSR count). The highest BCUT2D eigenvalue weighted by Gasteiger charge is 2.71. The van der Waals surface area contributed by atoms with Gasteiger partial charge in [-0.05, 0) is 25.0 Å². The molecule has 1 atom stereocenters. The molecule has 35 heavy (non-hydrogen) atoms. The zero-order chi connectivity index (χ0) is 23.9. The molecule has 1 unspecified atom stereocenters. The Kier molecular flexibility index (Phi) is 3.95. The molecule has 5 heterocycles. The van der Waals surface area contributed by atoms with Crippen molar-refractivity contribution in [3.63, 3.8) is 0 Å². The van der Waals surface area contributed by atoms with E-state index in [1.54, 1.807) is 25.3 Å². The molecule has 3 aromatic heterocycles. The lowest BCUT2D eigenvalue weighted by molar-refractivity contribution is -0.137. The number of hydrogen-bond donors (Lipinski definition) is 2. The standard InChI is InChI=1S/C24H19F2N7O2/c1-35-24-11-28-18-16(24)19(31-22(34)23(24)6-7-23)30-20(29-18)17-14-8-13(25)9-27-21(14)33(32-17)10-12-4-2-3-5-15(12)26/h2-5,8-9H,6-7,10-11H2,1H3,(H2,28,29,30,31,34). The molecule has 2 aliphatic heterocycles. The first kappa shape index (κ1) is 20.4. The lowest BCUT2D eigenvalue weighted by atomic mass is 9.77. The molecule has 1 spiro atoms. The van der Waals surface area contributed by atoms with Crippen molar-refractivity contribution in [1.82, 2.24) is 24.7 Å². The minimum atomic E-state index is -0.835. The van der Waals surface area contributed by atoms with Gasteiger partial charge in [-0.1, -0.05) is 18.2 Å². The molecule has 0 saturated heterocycles. The lowest BCUT2D eigenvalue weighted by Crippen LogP contribution is -2.51. The number of hydrogen-bond acceptors (Lipinski definition) is 7. The van der Waals surface area contributed by atoms with Gasteiger partial charge in [0.15, 0.2) is 11.5 Å². The molecule has 11 heteroatoms. The SMILES string of the molecule is COC12CNc3nc(-c4nn(Cc5ccccc5F)c5ncc(F)cc45)nc(c31)NC(=O)C21CC1. The maximum Gasteiger partial charge on any atom is 0.235 e. The van der Waals surface area contributed by atoms with Crippen LogP contribution in [0.3, 0.4) is 0 Å². The Morgan fingerprint density at radius 1 is 1.17 bits per heavy atom. The molecule has 2 N–H and O–H groups in total. The average molecular weight is 475 g/mol. The number of carbonyl (C=O) groups excluding carboxylic acids is 1. The van der Waals surface area contributed by atoms with Crippen LogP contribution in [-0.2, 0) is 21.7 Å². The van der Waals surface area contributed by atoms with Gasteiger partial charge in [-0.15, -0.1) is 0 Å². The summed E-state index contributed by atoms with van der Waals surface area (Å²) in [7, 11) is 1.60. The van der Waals surface area contributed by atoms with Crippen LogP contribution >= 0.6 is 0 Å². The fraction of sp³-hybridized carbons (Fsp3) is 0.292. The minimum Gasteiger partial charge on any atom is -0.370 e. The molecule has 1 amide bonds. The van der Waals surface area contributed by atoms with Crippen LogP contribution in [0.1, 0.15) is 24.0 Å². The van der Waals surface area contributed by atoms with Gasteiger partial charge in [0.1, 0.15) is 34.6 Å². The van der Waals surface area contributed by atoms with E-state index >= 15 is 0 Å². The number of carbonyl (C=O) groups is 1. The summed E-state index contributed by atoms with van der Waals surface area (Å²) in [6.07, 6.45) is 2.54. The number of aromatic nitrogens is 5. The average Bonchev–Trinajstić information content (AvgIpc) is 3.46. The largest absolute Gasteiger partial charge is 0.370 e. The second-order valence-electron chi connectivity index (χ2n) is 9.16. The zero-order valence-corrected chi connectivity index (χ0v) is 18.6. The van der Waals surface area contributed by atoms with Gasteiger partial charge in [-0.25, -0.2) is 28.4 Å². The second-order valence-corrected chi connectivity index (χ2v) is 9.16. The number of rotatable bonds is 4. The number of nitrogens with zero attached hydrogens (tertiary/aromatic N) is 5. The van der Waals surface area contributed by atoms with Gasteiger partial charge in [-0.3, -0.25) is 4.79 Å². The molecule has 0 bridgehead atoms. The highest BCUT2D eigenvalue weighted by molar-refractivity contribution is 6.03. The molecule has 1 saturated carbocycles. The molecule has 1 aromatic carbocycles. The Labute approximate surface area is 197 Å². The van der Waals surface area contributed by atoms with E-state index in [1.807, 2.05) is 0 Å². The van der Waals surface area contributed by atoms with E-state index in [9.17, 15) is 13.6 Å². The van der Waals surface area contributed by atoms with E-state index in [2.05, 4.69) is 25.7 Å². The first-order valence-electron chi connectivity index (χ1n) is 11.2. The minimum absolute atomic E-state index is 0.0872. The first-order chi connectivity index (χ1) is 17.0. The van der Waals surface area contributed by atoms with Crippen LogP contribution < -0.4 is 10.6 Å². The molecule has 9 nitrogen and oxygen atoms in total. The molecule has 4 aromatic rings. The van der Waals surface area contributed by atoms with Gasteiger partial charge in [0.25, 0.3) is 0 Å². The number of anilines is 2. The van der Waals surface area contributed by atoms with Crippen LogP contribution in [0.2, 0.25) is 0 Å². The summed E-state index contributed by atoms with van der Waals surface area (Å²) in [5, 5.41) is 11.2. The van der Waals surface area contributed by atoms with Crippen LogP contribution in [0.4, 0.5) is 20.4 Å². The van der Waals surface area contributed by atoms with Crippen molar-refractivity contribution in [2.24, 2.45) is 5.41 Å². The van der Waals surface area contributed by atoms with Gasteiger partial charge in [-0.2, -0.15) is 5.10 Å². The van der Waals surface area contributed by atoms with E-state index in [4.69, 9.17) is 9.72 Å². The third kappa shape index (κ3) is 2.61. The number of pyridine rings is 1. The monoisotopic (exact) mass is 475 g/mol. The Balaban J connectivity index is 1.41. The van der Waals surface area contributed by atoms with Crippen molar-refractivity contribution < 1.29 is 18.3 Å². The summed E-state index contributed by atoms with van der Waals surface area (Å²) < 4.78 is 36.0. The van der Waals surface area contributed by atoms with E-state index in [0.29, 0.717) is 34.8 Å². The van der Waals surface area contributed by atoms with E-state index in [1.165, 1.54) is 16.8 Å². The van der Waals surface area contributed by atoms with Crippen molar-refractivity contribution in [3.8, 4) is 11.5 Å². The quantitative estimate of drug-likeness (QED) is 0.467. The van der Waals surface area contributed by atoms with Crippen LogP contribution in [0.25, 0.3) is 22.6 Å². The Morgan fingerprint density at radius 3 is 2.74 bits per heavy atom. The van der Waals surface area contributed by atoms with Crippen LogP contribution in [0.15, 0.2) is 36.5 Å². The van der Waals surface area contributed by atoms with Crippen LogP contribution in [0.5, 0.6) is 0 Å². The predicted molar refractivity (Wildman–Crippen MR) is 121 cm³/mol. The number of nitrogens with one attached hydrogen (secondary N) is 2. The molecule has 176 valence electrons. The number of benzene rings is 1. The highest BCUT2D eigenvalue weighted by Crippen LogP contribution is 2.66. The molecule has 1 fully saturated rings. The fourth-order valence-electron chi connectivity index (χ4n) is 5.51. The third-order valence-electron chi connectivity index (χ3n) is 7.40. The van der Waals surface area contributed by atoms with Gasteiger partial charge in [0.05, 0.1) is 35.7 Å². The van der Waals surface area contributed by atoms with E-state index in [0.717, 1.165) is 24.6 Å². The maximum absolute atomic E-state index is 14.3. The lowest BCUT2D eigenvalue weighted by Gasteiger charge is -2.39. The van der Waals surface area contributed by atoms with Gasteiger partial charge in [0.2, 0.25) is 5.91 Å². The Morgan fingerprint density at radius 2 is 1.97 bits per heavy atom. The Bertz CT molecular complexity index is 1570. The van der Waals surface area contributed by atoms with Crippen LogP contribution in [-0.4, -0.2) is 44.3 Å².